The largest absolute Gasteiger partial charge is 0.465 e. The minimum Gasteiger partial charge on any atom is -0.465 e. The Balaban J connectivity index is 2.17. The normalized spacial score (nSPS) is 10.8. The highest BCUT2D eigenvalue weighted by Gasteiger charge is 2.19. The van der Waals surface area contributed by atoms with Crippen LogP contribution in [0.4, 0.5) is 20.2 Å². The summed E-state index contributed by atoms with van der Waals surface area (Å²) in [6.45, 7) is 0. The van der Waals surface area contributed by atoms with Crippen LogP contribution in [0, 0.1) is 21.7 Å². The lowest BCUT2D eigenvalue weighted by Crippen LogP contribution is -2.10. The van der Waals surface area contributed by atoms with Crippen molar-refractivity contribution >= 4 is 23.4 Å². The van der Waals surface area contributed by atoms with Gasteiger partial charge in [-0.2, -0.15) is 4.39 Å². The van der Waals surface area contributed by atoms with Crippen LogP contribution in [0.2, 0.25) is 0 Å². The van der Waals surface area contributed by atoms with E-state index in [4.69, 9.17) is 4.42 Å². The molecule has 0 fully saturated rings. The number of nitrogens with zero attached hydrogens (tertiary/aromatic N) is 1. The molecule has 6 nitrogen and oxygen atoms in total. The SMILES string of the molecule is O=C(C=Cc1ccco1)Nc1cc([N+](=O)[O-])c(F)cc1F. The monoisotopic (exact) mass is 294 g/mol. The van der Waals surface area contributed by atoms with E-state index in [1.165, 1.54) is 12.3 Å². The zero-order valence-electron chi connectivity index (χ0n) is 10.4. The van der Waals surface area contributed by atoms with Crippen LogP contribution in [0.25, 0.3) is 6.08 Å². The first kappa shape index (κ1) is 14.4. The van der Waals surface area contributed by atoms with Crippen LogP contribution in [-0.2, 0) is 4.79 Å². The van der Waals surface area contributed by atoms with Gasteiger partial charge in [0, 0.05) is 18.2 Å². The molecule has 0 saturated heterocycles. The van der Waals surface area contributed by atoms with E-state index in [0.717, 1.165) is 6.08 Å². The van der Waals surface area contributed by atoms with E-state index < -0.39 is 33.8 Å². The molecular weight excluding hydrogens is 286 g/mol. The second kappa shape index (κ2) is 5.95. The van der Waals surface area contributed by atoms with Crippen LogP contribution >= 0.6 is 0 Å². The molecule has 0 spiro atoms. The van der Waals surface area contributed by atoms with Gasteiger partial charge in [-0.05, 0) is 18.2 Å². The summed E-state index contributed by atoms with van der Waals surface area (Å²) in [6, 6.07) is 4.15. The van der Waals surface area contributed by atoms with Crippen molar-refractivity contribution in [1.82, 2.24) is 0 Å². The van der Waals surface area contributed by atoms with Gasteiger partial charge in [0.2, 0.25) is 11.7 Å². The molecule has 0 aliphatic rings. The fourth-order valence-electron chi connectivity index (χ4n) is 1.49. The van der Waals surface area contributed by atoms with Gasteiger partial charge in [-0.1, -0.05) is 0 Å². The zero-order valence-corrected chi connectivity index (χ0v) is 10.4. The maximum atomic E-state index is 13.4. The first-order valence-electron chi connectivity index (χ1n) is 5.63. The molecule has 108 valence electrons. The first-order chi connectivity index (χ1) is 9.97. The van der Waals surface area contributed by atoms with E-state index >= 15 is 0 Å². The molecule has 0 bridgehead atoms. The number of halogens is 2. The van der Waals surface area contributed by atoms with Crippen LogP contribution in [0.3, 0.4) is 0 Å². The summed E-state index contributed by atoms with van der Waals surface area (Å²) in [6.07, 6.45) is 3.78. The molecule has 0 aliphatic carbocycles. The van der Waals surface area contributed by atoms with E-state index in [9.17, 15) is 23.7 Å². The lowest BCUT2D eigenvalue weighted by Gasteiger charge is -2.04. The van der Waals surface area contributed by atoms with Gasteiger partial charge in [-0.25, -0.2) is 4.39 Å². The Morgan fingerprint density at radius 1 is 1.33 bits per heavy atom. The Labute approximate surface area is 116 Å². The van der Waals surface area contributed by atoms with Crippen LogP contribution in [0.1, 0.15) is 5.76 Å². The molecule has 1 aromatic carbocycles. The fraction of sp³-hybridized carbons (Fsp3) is 0. The van der Waals surface area contributed by atoms with Crippen molar-refractivity contribution in [1.29, 1.82) is 0 Å². The summed E-state index contributed by atoms with van der Waals surface area (Å²) >= 11 is 0. The second-order valence-electron chi connectivity index (χ2n) is 3.88. The number of benzene rings is 1. The molecule has 1 heterocycles. The number of nitro benzene ring substituents is 1. The van der Waals surface area contributed by atoms with Gasteiger partial charge in [-0.3, -0.25) is 14.9 Å². The van der Waals surface area contributed by atoms with Gasteiger partial charge in [0.15, 0.2) is 0 Å². The Morgan fingerprint density at radius 2 is 2.10 bits per heavy atom. The number of nitrogens with one attached hydrogen (secondary N) is 1. The third-order valence-electron chi connectivity index (χ3n) is 2.43. The molecule has 2 rings (SSSR count). The smallest absolute Gasteiger partial charge is 0.307 e. The number of carbonyl (C=O) groups is 1. The Hall–Kier alpha value is -3.03. The van der Waals surface area contributed by atoms with E-state index in [-0.39, 0.29) is 0 Å². The van der Waals surface area contributed by atoms with Crippen molar-refractivity contribution in [3.05, 3.63) is 64.1 Å². The molecule has 0 radical (unpaired) electrons. The Kier molecular flexibility index (Phi) is 4.07. The fourth-order valence-corrected chi connectivity index (χ4v) is 1.49. The van der Waals surface area contributed by atoms with Gasteiger partial charge in [0.05, 0.1) is 16.9 Å². The zero-order chi connectivity index (χ0) is 15.4. The molecule has 1 N–H and O–H groups in total. The Bertz CT molecular complexity index is 711. The molecular formula is C13H8F2N2O4. The molecule has 21 heavy (non-hydrogen) atoms. The number of hydrogen-bond acceptors (Lipinski definition) is 4. The van der Waals surface area contributed by atoms with Crippen LogP contribution in [0.5, 0.6) is 0 Å². The molecule has 2 aromatic rings. The minimum absolute atomic E-state index is 0.337. The summed E-state index contributed by atoms with van der Waals surface area (Å²) in [5, 5.41) is 12.6. The maximum Gasteiger partial charge on any atom is 0.307 e. The van der Waals surface area contributed by atoms with Gasteiger partial charge in [-0.15, -0.1) is 0 Å². The first-order valence-corrected chi connectivity index (χ1v) is 5.63. The highest BCUT2D eigenvalue weighted by Crippen LogP contribution is 2.25. The summed E-state index contributed by atoms with van der Waals surface area (Å²) in [4.78, 5) is 21.1. The highest BCUT2D eigenvalue weighted by molar-refractivity contribution is 6.02. The summed E-state index contributed by atoms with van der Waals surface area (Å²) in [7, 11) is 0. The number of carbonyl (C=O) groups excluding carboxylic acids is 1. The van der Waals surface area contributed by atoms with Gasteiger partial charge >= 0.3 is 5.69 Å². The van der Waals surface area contributed by atoms with Gasteiger partial charge in [0.25, 0.3) is 0 Å². The van der Waals surface area contributed by atoms with Crippen LogP contribution < -0.4 is 5.32 Å². The molecule has 0 atom stereocenters. The quantitative estimate of drug-likeness (QED) is 0.533. The van der Waals surface area contributed by atoms with Gasteiger partial charge in [0.1, 0.15) is 11.6 Å². The molecule has 1 aromatic heterocycles. The lowest BCUT2D eigenvalue weighted by molar-refractivity contribution is -0.387. The topological polar surface area (TPSA) is 85.4 Å². The third-order valence-corrected chi connectivity index (χ3v) is 2.43. The van der Waals surface area contributed by atoms with E-state index in [1.807, 2.05) is 0 Å². The number of anilines is 1. The number of rotatable bonds is 4. The number of amides is 1. The second-order valence-corrected chi connectivity index (χ2v) is 3.88. The predicted octanol–water partition coefficient (Wildman–Crippen LogP) is 3.12. The summed E-state index contributed by atoms with van der Waals surface area (Å²) < 4.78 is 31.5. The summed E-state index contributed by atoms with van der Waals surface area (Å²) in [5.41, 5.74) is -1.42. The molecule has 0 saturated carbocycles. The number of hydrogen-bond donors (Lipinski definition) is 1. The molecule has 0 unspecified atom stereocenters. The molecule has 1 amide bonds. The van der Waals surface area contributed by atoms with Crippen LogP contribution in [0.15, 0.2) is 41.0 Å². The predicted molar refractivity (Wildman–Crippen MR) is 69.4 cm³/mol. The van der Waals surface area contributed by atoms with E-state index in [0.29, 0.717) is 17.9 Å². The molecule has 8 heteroatoms. The summed E-state index contributed by atoms with van der Waals surface area (Å²) in [5.74, 6) is -2.78. The average Bonchev–Trinajstić information content (AvgIpc) is 2.92. The minimum atomic E-state index is -1.32. The van der Waals surface area contributed by atoms with E-state index in [2.05, 4.69) is 5.32 Å². The highest BCUT2D eigenvalue weighted by atomic mass is 19.1. The number of furan rings is 1. The third kappa shape index (κ3) is 3.50. The lowest BCUT2D eigenvalue weighted by atomic mass is 10.2. The maximum absolute atomic E-state index is 13.4. The van der Waals surface area contributed by atoms with E-state index in [1.54, 1.807) is 12.1 Å². The van der Waals surface area contributed by atoms with Crippen molar-refractivity contribution in [3.8, 4) is 0 Å². The van der Waals surface area contributed by atoms with Crippen molar-refractivity contribution in [3.63, 3.8) is 0 Å². The Morgan fingerprint density at radius 3 is 2.71 bits per heavy atom. The van der Waals surface area contributed by atoms with Crippen molar-refractivity contribution in [2.45, 2.75) is 0 Å². The average molecular weight is 294 g/mol. The van der Waals surface area contributed by atoms with Crippen molar-refractivity contribution in [2.24, 2.45) is 0 Å². The van der Waals surface area contributed by atoms with Gasteiger partial charge < -0.3 is 9.73 Å². The number of nitro groups is 1. The molecule has 0 aliphatic heterocycles. The van der Waals surface area contributed by atoms with Crippen molar-refractivity contribution in [2.75, 3.05) is 5.32 Å². The van der Waals surface area contributed by atoms with Crippen LogP contribution in [-0.4, -0.2) is 10.8 Å². The van der Waals surface area contributed by atoms with Crippen molar-refractivity contribution < 1.29 is 22.9 Å². The standard InChI is InChI=1S/C13H8F2N2O4/c14-9-6-10(15)12(17(19)20)7-11(9)16-13(18)4-3-8-2-1-5-21-8/h1-7H,(H,16,18).